The molecule has 0 bridgehead atoms. The van der Waals surface area contributed by atoms with E-state index in [1.54, 1.807) is 11.3 Å². The molecule has 0 spiro atoms. The van der Waals surface area contributed by atoms with Gasteiger partial charge in [0, 0.05) is 37.9 Å². The molecule has 0 atom stereocenters. The Labute approximate surface area is 216 Å². The fourth-order valence-electron chi connectivity index (χ4n) is 5.33. The Hall–Kier alpha value is -4.67. The van der Waals surface area contributed by atoms with Gasteiger partial charge in [0.15, 0.2) is 0 Å². The third-order valence-electron chi connectivity index (χ3n) is 7.10. The average Bonchev–Trinajstić information content (AvgIpc) is 3.65. The predicted molar refractivity (Wildman–Crippen MR) is 155 cm³/mol. The van der Waals surface area contributed by atoms with Gasteiger partial charge >= 0.3 is 0 Å². The van der Waals surface area contributed by atoms with Crippen LogP contribution < -0.4 is 0 Å². The molecule has 0 unspecified atom stereocenters. The van der Waals surface area contributed by atoms with E-state index in [4.69, 9.17) is 9.40 Å². The monoisotopic (exact) mass is 492 g/mol. The second-order valence-electron chi connectivity index (χ2n) is 9.26. The highest BCUT2D eigenvalue weighted by Gasteiger charge is 2.19. The zero-order valence-electron chi connectivity index (χ0n) is 19.8. The van der Waals surface area contributed by atoms with Crippen LogP contribution in [0.4, 0.5) is 0 Å². The topological polar surface area (TPSA) is 31.0 Å². The summed E-state index contributed by atoms with van der Waals surface area (Å²) in [5, 5.41) is 5.71. The maximum atomic E-state index is 6.23. The number of rotatable bonds is 3. The molecule has 5 aromatic carbocycles. The first-order valence-corrected chi connectivity index (χ1v) is 13.2. The van der Waals surface area contributed by atoms with Crippen molar-refractivity contribution in [2.45, 2.75) is 0 Å². The van der Waals surface area contributed by atoms with Gasteiger partial charge in [-0.15, -0.1) is 11.3 Å². The Morgan fingerprint density at radius 1 is 0.622 bits per heavy atom. The molecule has 0 aliphatic carbocycles. The fraction of sp³-hybridized carbons (Fsp3) is 0. The van der Waals surface area contributed by atoms with Crippen molar-refractivity contribution < 1.29 is 4.42 Å². The second-order valence-corrected chi connectivity index (χ2v) is 10.2. The number of hydrogen-bond donors (Lipinski definition) is 0. The summed E-state index contributed by atoms with van der Waals surface area (Å²) < 4.78 is 9.74. The zero-order valence-corrected chi connectivity index (χ0v) is 20.6. The Balaban J connectivity index is 1.35. The van der Waals surface area contributed by atoms with Crippen molar-refractivity contribution >= 4 is 54.4 Å². The predicted octanol–water partition coefficient (Wildman–Crippen LogP) is 9.47. The van der Waals surface area contributed by atoms with Gasteiger partial charge in [0.2, 0.25) is 0 Å². The van der Waals surface area contributed by atoms with Gasteiger partial charge in [-0.2, -0.15) is 0 Å². The molecule has 37 heavy (non-hydrogen) atoms. The summed E-state index contributed by atoms with van der Waals surface area (Å²) in [6.07, 6.45) is 0. The largest absolute Gasteiger partial charge is 0.456 e. The third kappa shape index (κ3) is 3.16. The van der Waals surface area contributed by atoms with Crippen LogP contribution in [0.3, 0.4) is 0 Å². The molecule has 0 N–H and O–H groups in total. The second kappa shape index (κ2) is 7.92. The molecule has 3 nitrogen and oxygen atoms in total. The summed E-state index contributed by atoms with van der Waals surface area (Å²) in [7, 11) is 0. The summed E-state index contributed by atoms with van der Waals surface area (Å²) in [5.74, 6) is 0.940. The van der Waals surface area contributed by atoms with E-state index < -0.39 is 0 Å². The Morgan fingerprint density at radius 3 is 2.35 bits per heavy atom. The summed E-state index contributed by atoms with van der Waals surface area (Å²) in [6.45, 7) is 0. The molecular formula is C33H20N2OS. The Kier molecular flexibility index (Phi) is 4.39. The van der Waals surface area contributed by atoms with Gasteiger partial charge in [-0.1, -0.05) is 72.8 Å². The van der Waals surface area contributed by atoms with Crippen LogP contribution in [0, 0.1) is 0 Å². The van der Waals surface area contributed by atoms with Crippen molar-refractivity contribution in [2.24, 2.45) is 0 Å². The maximum absolute atomic E-state index is 6.23. The number of imidazole rings is 1. The molecule has 8 rings (SSSR count). The lowest BCUT2D eigenvalue weighted by Crippen LogP contribution is -1.97. The van der Waals surface area contributed by atoms with Crippen molar-refractivity contribution in [3.05, 3.63) is 121 Å². The van der Waals surface area contributed by atoms with Crippen molar-refractivity contribution in [1.82, 2.24) is 9.55 Å². The number of nitrogens with zero attached hydrogens (tertiary/aromatic N) is 2. The van der Waals surface area contributed by atoms with E-state index in [1.165, 1.54) is 21.2 Å². The van der Waals surface area contributed by atoms with Crippen LogP contribution in [0.2, 0.25) is 0 Å². The lowest BCUT2D eigenvalue weighted by molar-refractivity contribution is 0.668. The highest BCUT2D eigenvalue weighted by Crippen LogP contribution is 2.39. The highest BCUT2D eigenvalue weighted by atomic mass is 32.1. The molecule has 0 aliphatic heterocycles. The molecule has 4 heteroatoms. The molecule has 8 aromatic rings. The summed E-state index contributed by atoms with van der Waals surface area (Å²) in [4.78, 5) is 5.12. The third-order valence-corrected chi connectivity index (χ3v) is 8.05. The summed E-state index contributed by atoms with van der Waals surface area (Å²) in [6, 6.07) is 40.3. The number of aromatic nitrogens is 2. The molecule has 0 saturated heterocycles. The summed E-state index contributed by atoms with van der Waals surface area (Å²) >= 11 is 1.77. The van der Waals surface area contributed by atoms with Crippen LogP contribution >= 0.6 is 11.3 Å². The Bertz CT molecular complexity index is 2100. The van der Waals surface area contributed by atoms with Crippen molar-refractivity contribution in [2.75, 3.05) is 0 Å². The van der Waals surface area contributed by atoms with Crippen molar-refractivity contribution in [3.8, 4) is 28.2 Å². The van der Waals surface area contributed by atoms with Gasteiger partial charge in [-0.25, -0.2) is 4.98 Å². The molecule has 0 radical (unpaired) electrons. The van der Waals surface area contributed by atoms with E-state index in [0.717, 1.165) is 50.0 Å². The van der Waals surface area contributed by atoms with E-state index in [0.29, 0.717) is 0 Å². The van der Waals surface area contributed by atoms with Crippen LogP contribution in [0.1, 0.15) is 0 Å². The highest BCUT2D eigenvalue weighted by molar-refractivity contribution is 7.17. The molecule has 0 saturated carbocycles. The van der Waals surface area contributed by atoms with Gasteiger partial charge < -0.3 is 4.42 Å². The minimum atomic E-state index is 0.880. The molecular weight excluding hydrogens is 472 g/mol. The number of benzene rings is 5. The maximum Gasteiger partial charge on any atom is 0.147 e. The number of fused-ring (bicyclic) bond motifs is 5. The van der Waals surface area contributed by atoms with Crippen LogP contribution in [-0.4, -0.2) is 9.55 Å². The first-order chi connectivity index (χ1) is 18.3. The molecule has 3 heterocycles. The van der Waals surface area contributed by atoms with Gasteiger partial charge in [0.05, 0.1) is 16.7 Å². The first-order valence-electron chi connectivity index (χ1n) is 12.3. The molecule has 0 fully saturated rings. The van der Waals surface area contributed by atoms with Crippen LogP contribution in [0.15, 0.2) is 125 Å². The van der Waals surface area contributed by atoms with Gasteiger partial charge in [-0.05, 0) is 47.5 Å². The first kappa shape index (κ1) is 20.5. The quantitative estimate of drug-likeness (QED) is 0.246. The SMILES string of the molecule is c1ccc(-c2ccc3c(-c4nc5ccccc5n4-c4ccc5c(c4)oc4ccccc45)csc3c2)cc1. The lowest BCUT2D eigenvalue weighted by Gasteiger charge is -2.09. The average molecular weight is 493 g/mol. The number of furan rings is 1. The number of para-hydroxylation sites is 3. The van der Waals surface area contributed by atoms with Gasteiger partial charge in [-0.3, -0.25) is 4.57 Å². The molecule has 0 aliphatic rings. The molecule has 0 amide bonds. The normalized spacial score (nSPS) is 11.8. The molecule has 3 aromatic heterocycles. The fourth-order valence-corrected chi connectivity index (χ4v) is 6.31. The Morgan fingerprint density at radius 2 is 1.41 bits per heavy atom. The smallest absolute Gasteiger partial charge is 0.147 e. The number of hydrogen-bond acceptors (Lipinski definition) is 3. The van der Waals surface area contributed by atoms with E-state index in [9.17, 15) is 0 Å². The van der Waals surface area contributed by atoms with E-state index >= 15 is 0 Å². The number of thiophene rings is 1. The van der Waals surface area contributed by atoms with Crippen LogP contribution in [0.25, 0.3) is 71.3 Å². The van der Waals surface area contributed by atoms with Gasteiger partial charge in [0.1, 0.15) is 17.0 Å². The van der Waals surface area contributed by atoms with Crippen molar-refractivity contribution in [1.29, 1.82) is 0 Å². The van der Waals surface area contributed by atoms with Crippen LogP contribution in [-0.2, 0) is 0 Å². The van der Waals surface area contributed by atoms with E-state index in [-0.39, 0.29) is 0 Å². The van der Waals surface area contributed by atoms with E-state index in [1.807, 2.05) is 18.2 Å². The summed E-state index contributed by atoms with van der Waals surface area (Å²) in [5.41, 5.74) is 8.47. The minimum Gasteiger partial charge on any atom is -0.456 e. The van der Waals surface area contributed by atoms with E-state index in [2.05, 4.69) is 107 Å². The van der Waals surface area contributed by atoms with Crippen molar-refractivity contribution in [3.63, 3.8) is 0 Å². The van der Waals surface area contributed by atoms with Crippen LogP contribution in [0.5, 0.6) is 0 Å². The lowest BCUT2D eigenvalue weighted by atomic mass is 10.0. The van der Waals surface area contributed by atoms with Gasteiger partial charge in [0.25, 0.3) is 0 Å². The molecule has 174 valence electrons. The zero-order chi connectivity index (χ0) is 24.3. The minimum absolute atomic E-state index is 0.880. The standard InChI is InChI=1S/C33H20N2OS/c1-2-8-21(9-3-1)22-14-16-26-27(20-37-32(26)18-22)33-34-28-11-5-6-12-29(28)35(33)23-15-17-25-24-10-4-7-13-30(24)36-31(25)19-23/h1-20H.